The Kier molecular flexibility index (Phi) is 5.03. The molecule has 0 saturated carbocycles. The second-order valence-corrected chi connectivity index (χ2v) is 6.68. The van der Waals surface area contributed by atoms with E-state index in [4.69, 9.17) is 9.15 Å². The third-order valence-electron chi connectivity index (χ3n) is 4.78. The lowest BCUT2D eigenvalue weighted by atomic mass is 10.00. The van der Waals surface area contributed by atoms with Crippen molar-refractivity contribution in [3.8, 4) is 5.75 Å². The lowest BCUT2D eigenvalue weighted by Gasteiger charge is -2.28. The molecular weight excluding hydrogens is 345 g/mol. The van der Waals surface area contributed by atoms with E-state index in [-0.39, 0.29) is 23.6 Å². The van der Waals surface area contributed by atoms with E-state index in [1.807, 2.05) is 6.07 Å². The highest BCUT2D eigenvalue weighted by Crippen LogP contribution is 2.20. The topological polar surface area (TPSA) is 42.7 Å². The lowest BCUT2D eigenvalue weighted by molar-refractivity contribution is 0.220. The average molecular weight is 365 g/mol. The van der Waals surface area contributed by atoms with Crippen LogP contribution in [0.15, 0.2) is 70.1 Å². The third-order valence-corrected chi connectivity index (χ3v) is 4.78. The molecule has 0 bridgehead atoms. The number of hydrogen-bond donors (Lipinski definition) is 0. The third kappa shape index (κ3) is 4.09. The van der Waals surface area contributed by atoms with E-state index in [0.29, 0.717) is 17.9 Å². The van der Waals surface area contributed by atoms with Crippen LogP contribution >= 0.6 is 0 Å². The van der Waals surface area contributed by atoms with Crippen LogP contribution in [0, 0.1) is 5.82 Å². The Balaban J connectivity index is 1.40. The largest absolute Gasteiger partial charge is 0.482 e. The molecule has 0 amide bonds. The van der Waals surface area contributed by atoms with Gasteiger partial charge in [-0.3, -0.25) is 9.69 Å². The summed E-state index contributed by atoms with van der Waals surface area (Å²) in [6.07, 6.45) is 2.31. The van der Waals surface area contributed by atoms with Crippen molar-refractivity contribution in [2.45, 2.75) is 26.1 Å². The predicted molar refractivity (Wildman–Crippen MR) is 100.0 cm³/mol. The molecule has 0 saturated heterocycles. The molecule has 0 unspecified atom stereocenters. The Morgan fingerprint density at radius 3 is 2.67 bits per heavy atom. The summed E-state index contributed by atoms with van der Waals surface area (Å²) in [6.45, 7) is 2.31. The number of halogens is 1. The van der Waals surface area contributed by atoms with Gasteiger partial charge in [0.1, 0.15) is 24.4 Å². The summed E-state index contributed by atoms with van der Waals surface area (Å²) in [5.41, 5.74) is 2.83. The van der Waals surface area contributed by atoms with E-state index < -0.39 is 0 Å². The predicted octanol–water partition coefficient (Wildman–Crippen LogP) is 3.92. The molecule has 27 heavy (non-hydrogen) atoms. The van der Waals surface area contributed by atoms with Gasteiger partial charge in [-0.25, -0.2) is 4.39 Å². The minimum atomic E-state index is -0.358. The van der Waals surface area contributed by atoms with E-state index in [1.54, 1.807) is 18.2 Å². The SMILES string of the molecule is O=c1cc(CN2CCc3ccccc3C2)occ1OCc1ccccc1F. The van der Waals surface area contributed by atoms with Gasteiger partial charge in [-0.15, -0.1) is 0 Å². The van der Waals surface area contributed by atoms with Crippen molar-refractivity contribution >= 4 is 0 Å². The van der Waals surface area contributed by atoms with Crippen LogP contribution in [0.4, 0.5) is 4.39 Å². The van der Waals surface area contributed by atoms with Gasteiger partial charge in [0.15, 0.2) is 0 Å². The molecule has 0 radical (unpaired) electrons. The first-order chi connectivity index (χ1) is 13.2. The lowest BCUT2D eigenvalue weighted by Crippen LogP contribution is -2.30. The fraction of sp³-hybridized carbons (Fsp3) is 0.227. The van der Waals surface area contributed by atoms with Gasteiger partial charge in [0.2, 0.25) is 11.2 Å². The maximum atomic E-state index is 13.6. The van der Waals surface area contributed by atoms with Gasteiger partial charge in [0, 0.05) is 24.7 Å². The van der Waals surface area contributed by atoms with Crippen LogP contribution in [0.3, 0.4) is 0 Å². The molecule has 0 spiro atoms. The number of benzene rings is 2. The highest BCUT2D eigenvalue weighted by molar-refractivity contribution is 5.29. The Morgan fingerprint density at radius 2 is 1.85 bits per heavy atom. The zero-order valence-corrected chi connectivity index (χ0v) is 14.9. The second-order valence-electron chi connectivity index (χ2n) is 6.68. The second kappa shape index (κ2) is 7.76. The van der Waals surface area contributed by atoms with Gasteiger partial charge in [-0.1, -0.05) is 42.5 Å². The molecule has 4 nitrogen and oxygen atoms in total. The Morgan fingerprint density at radius 1 is 1.07 bits per heavy atom. The summed E-state index contributed by atoms with van der Waals surface area (Å²) in [4.78, 5) is 14.5. The number of hydrogen-bond acceptors (Lipinski definition) is 4. The van der Waals surface area contributed by atoms with Crippen molar-refractivity contribution in [1.82, 2.24) is 4.90 Å². The quantitative estimate of drug-likeness (QED) is 0.687. The van der Waals surface area contributed by atoms with Crippen molar-refractivity contribution < 1.29 is 13.5 Å². The molecule has 3 aromatic rings. The summed E-state index contributed by atoms with van der Waals surface area (Å²) in [6, 6.07) is 16.2. The normalized spacial score (nSPS) is 14.0. The van der Waals surface area contributed by atoms with Crippen LogP contribution in [-0.2, 0) is 26.1 Å². The molecule has 4 rings (SSSR count). The van der Waals surface area contributed by atoms with E-state index in [2.05, 4.69) is 23.1 Å². The summed E-state index contributed by atoms with van der Waals surface area (Å²) in [5.74, 6) is 0.326. The molecule has 0 fully saturated rings. The minimum Gasteiger partial charge on any atom is -0.482 e. The van der Waals surface area contributed by atoms with Crippen LogP contribution in [0.5, 0.6) is 5.75 Å². The number of fused-ring (bicyclic) bond motifs is 1. The van der Waals surface area contributed by atoms with Gasteiger partial charge in [-0.05, 0) is 23.6 Å². The average Bonchev–Trinajstić information content (AvgIpc) is 2.68. The van der Waals surface area contributed by atoms with Crippen molar-refractivity contribution in [1.29, 1.82) is 0 Å². The molecular formula is C22H20FNO3. The van der Waals surface area contributed by atoms with E-state index in [0.717, 1.165) is 19.5 Å². The van der Waals surface area contributed by atoms with Crippen LogP contribution in [-0.4, -0.2) is 11.4 Å². The van der Waals surface area contributed by atoms with Crippen molar-refractivity contribution in [2.24, 2.45) is 0 Å². The zero-order chi connectivity index (χ0) is 18.6. The molecule has 0 atom stereocenters. The maximum absolute atomic E-state index is 13.6. The number of ether oxygens (including phenoxy) is 1. The van der Waals surface area contributed by atoms with Gasteiger partial charge >= 0.3 is 0 Å². The van der Waals surface area contributed by atoms with Crippen LogP contribution in [0.1, 0.15) is 22.5 Å². The highest BCUT2D eigenvalue weighted by Gasteiger charge is 2.17. The molecule has 1 aromatic heterocycles. The number of nitrogens with zero attached hydrogens (tertiary/aromatic N) is 1. The van der Waals surface area contributed by atoms with E-state index in [9.17, 15) is 9.18 Å². The number of rotatable bonds is 5. The standard InChI is InChI=1S/C22H20FNO3/c23-20-8-4-3-7-18(20)14-27-22-15-26-19(11-21(22)25)13-24-10-9-16-5-1-2-6-17(16)12-24/h1-8,11,15H,9-10,12-14H2. The van der Waals surface area contributed by atoms with E-state index in [1.165, 1.54) is 29.5 Å². The summed E-state index contributed by atoms with van der Waals surface area (Å²) >= 11 is 0. The molecule has 0 aliphatic carbocycles. The fourth-order valence-electron chi connectivity index (χ4n) is 3.31. The molecule has 0 N–H and O–H groups in total. The Labute approximate surface area is 156 Å². The van der Waals surface area contributed by atoms with Crippen LogP contribution < -0.4 is 10.2 Å². The highest BCUT2D eigenvalue weighted by atomic mass is 19.1. The first-order valence-corrected chi connectivity index (χ1v) is 8.96. The van der Waals surface area contributed by atoms with E-state index >= 15 is 0 Å². The molecule has 138 valence electrons. The smallest absolute Gasteiger partial charge is 0.227 e. The molecule has 1 aliphatic heterocycles. The zero-order valence-electron chi connectivity index (χ0n) is 14.9. The van der Waals surface area contributed by atoms with Crippen molar-refractivity contribution in [3.05, 3.63) is 99.4 Å². The molecule has 2 aromatic carbocycles. The Bertz CT molecular complexity index is 999. The van der Waals surface area contributed by atoms with Crippen LogP contribution in [0.25, 0.3) is 0 Å². The monoisotopic (exact) mass is 365 g/mol. The van der Waals surface area contributed by atoms with Crippen molar-refractivity contribution in [3.63, 3.8) is 0 Å². The van der Waals surface area contributed by atoms with Gasteiger partial charge in [0.25, 0.3) is 0 Å². The molecule has 5 heteroatoms. The van der Waals surface area contributed by atoms with Crippen LogP contribution in [0.2, 0.25) is 0 Å². The first-order valence-electron chi connectivity index (χ1n) is 8.96. The summed E-state index contributed by atoms with van der Waals surface area (Å²) < 4.78 is 24.7. The maximum Gasteiger partial charge on any atom is 0.227 e. The van der Waals surface area contributed by atoms with Gasteiger partial charge in [-0.2, -0.15) is 0 Å². The fourth-order valence-corrected chi connectivity index (χ4v) is 3.31. The van der Waals surface area contributed by atoms with Gasteiger partial charge < -0.3 is 9.15 Å². The van der Waals surface area contributed by atoms with Gasteiger partial charge in [0.05, 0.1) is 6.54 Å². The summed E-state index contributed by atoms with van der Waals surface area (Å²) in [7, 11) is 0. The Hall–Kier alpha value is -2.92. The van der Waals surface area contributed by atoms with Crippen molar-refractivity contribution in [2.75, 3.05) is 6.54 Å². The molecule has 2 heterocycles. The summed E-state index contributed by atoms with van der Waals surface area (Å²) in [5, 5.41) is 0. The minimum absolute atomic E-state index is 0.0142. The first kappa shape index (κ1) is 17.5. The molecule has 1 aliphatic rings.